The summed E-state index contributed by atoms with van der Waals surface area (Å²) in [6.45, 7) is 1.20. The molecule has 2 rings (SSSR count). The first-order chi connectivity index (χ1) is 9.56. The van der Waals surface area contributed by atoms with Crippen molar-refractivity contribution in [3.8, 4) is 0 Å². The molecule has 1 N–H and O–H groups in total. The fraction of sp³-hybridized carbons (Fsp3) is 0.231. The maximum atomic E-state index is 11.9. The van der Waals surface area contributed by atoms with Gasteiger partial charge >= 0.3 is 0 Å². The molecule has 2 aromatic rings. The lowest BCUT2D eigenvalue weighted by molar-refractivity contribution is 0.0953. The Kier molecular flexibility index (Phi) is 5.29. The number of hydrogen-bond acceptors (Lipinski definition) is 2. The Morgan fingerprint density at radius 3 is 2.70 bits per heavy atom. The minimum Gasteiger partial charge on any atom is -0.352 e. The zero-order valence-corrected chi connectivity index (χ0v) is 12.7. The standard InChI is InChI=1S/C13H12Cl3N3O/c14-9-2-3-11(12(16)6-9)13(20)17-4-1-5-19-8-10(15)7-18-19/h2-3,6-8H,1,4-5H2,(H,17,20). The number of amides is 1. The second-order valence-corrected chi connectivity index (χ2v) is 5.44. The number of carbonyl (C=O) groups is 1. The fourth-order valence-electron chi connectivity index (χ4n) is 1.67. The molecule has 0 aliphatic rings. The normalized spacial score (nSPS) is 10.6. The highest BCUT2D eigenvalue weighted by atomic mass is 35.5. The van der Waals surface area contributed by atoms with Crippen molar-refractivity contribution in [3.63, 3.8) is 0 Å². The Morgan fingerprint density at radius 2 is 2.05 bits per heavy atom. The van der Waals surface area contributed by atoms with Crippen LogP contribution in [0.25, 0.3) is 0 Å². The van der Waals surface area contributed by atoms with Crippen molar-refractivity contribution in [3.05, 3.63) is 51.2 Å². The molecule has 1 aromatic carbocycles. The molecule has 20 heavy (non-hydrogen) atoms. The van der Waals surface area contributed by atoms with Crippen LogP contribution in [0.4, 0.5) is 0 Å². The summed E-state index contributed by atoms with van der Waals surface area (Å²) in [5.41, 5.74) is 0.415. The summed E-state index contributed by atoms with van der Waals surface area (Å²) in [6, 6.07) is 4.78. The maximum absolute atomic E-state index is 11.9. The van der Waals surface area contributed by atoms with Crippen LogP contribution in [-0.4, -0.2) is 22.2 Å². The molecule has 4 nitrogen and oxygen atoms in total. The molecule has 0 bridgehead atoms. The average molecular weight is 333 g/mol. The molecule has 1 amide bonds. The van der Waals surface area contributed by atoms with Crippen LogP contribution in [0, 0.1) is 0 Å². The van der Waals surface area contributed by atoms with Gasteiger partial charge in [-0.2, -0.15) is 5.10 Å². The van der Waals surface area contributed by atoms with Crippen LogP contribution < -0.4 is 5.32 Å². The van der Waals surface area contributed by atoms with Gasteiger partial charge in [0.2, 0.25) is 0 Å². The van der Waals surface area contributed by atoms with Crippen LogP contribution >= 0.6 is 34.8 Å². The van der Waals surface area contributed by atoms with Gasteiger partial charge in [0.1, 0.15) is 0 Å². The van der Waals surface area contributed by atoms with E-state index in [2.05, 4.69) is 10.4 Å². The number of hydrogen-bond donors (Lipinski definition) is 1. The van der Waals surface area contributed by atoms with Crippen molar-refractivity contribution in [1.82, 2.24) is 15.1 Å². The van der Waals surface area contributed by atoms with Crippen molar-refractivity contribution in [2.24, 2.45) is 0 Å². The molecule has 0 aliphatic heterocycles. The Morgan fingerprint density at radius 1 is 1.25 bits per heavy atom. The average Bonchev–Trinajstić information content (AvgIpc) is 2.80. The summed E-state index contributed by atoms with van der Waals surface area (Å²) in [5, 5.41) is 8.29. The highest BCUT2D eigenvalue weighted by Crippen LogP contribution is 2.20. The molecule has 0 aliphatic carbocycles. The Hall–Kier alpha value is -1.23. The van der Waals surface area contributed by atoms with Gasteiger partial charge in [-0.15, -0.1) is 0 Å². The second-order valence-electron chi connectivity index (χ2n) is 4.16. The molecule has 0 fully saturated rings. The van der Waals surface area contributed by atoms with Gasteiger partial charge in [-0.3, -0.25) is 9.48 Å². The molecule has 106 valence electrons. The number of nitrogens with one attached hydrogen (secondary N) is 1. The second kappa shape index (κ2) is 6.97. The van der Waals surface area contributed by atoms with Crippen molar-refractivity contribution in [2.45, 2.75) is 13.0 Å². The predicted molar refractivity (Wildman–Crippen MR) is 80.6 cm³/mol. The first-order valence-electron chi connectivity index (χ1n) is 5.97. The number of rotatable bonds is 5. The summed E-state index contributed by atoms with van der Waals surface area (Å²) in [7, 11) is 0. The van der Waals surface area contributed by atoms with E-state index in [9.17, 15) is 4.79 Å². The number of carbonyl (C=O) groups excluding carboxylic acids is 1. The summed E-state index contributed by atoms with van der Waals surface area (Å²) in [6.07, 6.45) is 4.06. The third kappa shape index (κ3) is 4.13. The van der Waals surface area contributed by atoms with Crippen LogP contribution in [0.3, 0.4) is 0 Å². The Bertz CT molecular complexity index is 613. The van der Waals surface area contributed by atoms with Gasteiger partial charge in [0, 0.05) is 24.3 Å². The molecular formula is C13H12Cl3N3O. The minimum atomic E-state index is -0.217. The number of nitrogens with zero attached hydrogens (tertiary/aromatic N) is 2. The van der Waals surface area contributed by atoms with E-state index in [1.54, 1.807) is 35.3 Å². The number of aryl methyl sites for hydroxylation is 1. The topological polar surface area (TPSA) is 46.9 Å². The van der Waals surface area contributed by atoms with Crippen molar-refractivity contribution in [2.75, 3.05) is 6.54 Å². The SMILES string of the molecule is O=C(NCCCn1cc(Cl)cn1)c1ccc(Cl)cc1Cl. The molecule has 1 aromatic heterocycles. The van der Waals surface area contributed by atoms with Gasteiger partial charge in [0.25, 0.3) is 5.91 Å². The summed E-state index contributed by atoms with van der Waals surface area (Å²) >= 11 is 17.5. The lowest BCUT2D eigenvalue weighted by Crippen LogP contribution is -2.25. The summed E-state index contributed by atoms with van der Waals surface area (Å²) in [5.74, 6) is -0.217. The summed E-state index contributed by atoms with van der Waals surface area (Å²) < 4.78 is 1.73. The van der Waals surface area contributed by atoms with E-state index in [-0.39, 0.29) is 5.91 Å². The van der Waals surface area contributed by atoms with Gasteiger partial charge in [-0.25, -0.2) is 0 Å². The molecule has 0 unspecified atom stereocenters. The lowest BCUT2D eigenvalue weighted by Gasteiger charge is -2.07. The van der Waals surface area contributed by atoms with E-state index in [0.717, 1.165) is 6.42 Å². The van der Waals surface area contributed by atoms with E-state index in [0.29, 0.717) is 33.7 Å². The number of benzene rings is 1. The number of halogens is 3. The highest BCUT2D eigenvalue weighted by molar-refractivity contribution is 6.36. The molecule has 0 radical (unpaired) electrons. The van der Waals surface area contributed by atoms with Crippen LogP contribution in [0.2, 0.25) is 15.1 Å². The maximum Gasteiger partial charge on any atom is 0.252 e. The van der Waals surface area contributed by atoms with Crippen molar-refractivity contribution >= 4 is 40.7 Å². The third-order valence-electron chi connectivity index (χ3n) is 2.63. The lowest BCUT2D eigenvalue weighted by atomic mass is 10.2. The zero-order valence-electron chi connectivity index (χ0n) is 10.4. The Balaban J connectivity index is 1.80. The quantitative estimate of drug-likeness (QED) is 0.849. The monoisotopic (exact) mass is 331 g/mol. The van der Waals surface area contributed by atoms with Gasteiger partial charge in [0.05, 0.1) is 21.8 Å². The minimum absolute atomic E-state index is 0.217. The molecule has 0 spiro atoms. The first kappa shape index (κ1) is 15.2. The van der Waals surface area contributed by atoms with E-state index < -0.39 is 0 Å². The molecular weight excluding hydrogens is 321 g/mol. The van der Waals surface area contributed by atoms with Gasteiger partial charge in [0.15, 0.2) is 0 Å². The van der Waals surface area contributed by atoms with E-state index in [1.807, 2.05) is 0 Å². The number of aromatic nitrogens is 2. The largest absolute Gasteiger partial charge is 0.352 e. The van der Waals surface area contributed by atoms with E-state index in [1.165, 1.54) is 0 Å². The van der Waals surface area contributed by atoms with Gasteiger partial charge in [-0.1, -0.05) is 34.8 Å². The van der Waals surface area contributed by atoms with Gasteiger partial charge in [-0.05, 0) is 24.6 Å². The fourth-order valence-corrected chi connectivity index (χ4v) is 2.32. The molecule has 0 saturated heterocycles. The molecule has 1 heterocycles. The Labute approximate surface area is 131 Å². The third-order valence-corrected chi connectivity index (χ3v) is 3.37. The van der Waals surface area contributed by atoms with E-state index in [4.69, 9.17) is 34.8 Å². The van der Waals surface area contributed by atoms with Crippen LogP contribution in [0.1, 0.15) is 16.8 Å². The van der Waals surface area contributed by atoms with Crippen LogP contribution in [0.5, 0.6) is 0 Å². The first-order valence-corrected chi connectivity index (χ1v) is 7.11. The van der Waals surface area contributed by atoms with Crippen molar-refractivity contribution in [1.29, 1.82) is 0 Å². The molecule has 0 atom stereocenters. The van der Waals surface area contributed by atoms with Crippen molar-refractivity contribution < 1.29 is 4.79 Å². The van der Waals surface area contributed by atoms with E-state index >= 15 is 0 Å². The smallest absolute Gasteiger partial charge is 0.252 e. The van der Waals surface area contributed by atoms with Gasteiger partial charge < -0.3 is 5.32 Å². The summed E-state index contributed by atoms with van der Waals surface area (Å²) in [4.78, 5) is 11.9. The van der Waals surface area contributed by atoms with Crippen LogP contribution in [0.15, 0.2) is 30.6 Å². The molecule has 0 saturated carbocycles. The predicted octanol–water partition coefficient (Wildman–Crippen LogP) is 3.66. The molecule has 7 heteroatoms. The van der Waals surface area contributed by atoms with Crippen LogP contribution in [-0.2, 0) is 6.54 Å². The zero-order chi connectivity index (χ0) is 14.5. The highest BCUT2D eigenvalue weighted by Gasteiger charge is 2.09.